The van der Waals surface area contributed by atoms with E-state index in [4.69, 9.17) is 0 Å². The Bertz CT molecular complexity index is 477. The predicted molar refractivity (Wildman–Crippen MR) is 56.5 cm³/mol. The average Bonchev–Trinajstić information content (AvgIpc) is 2.27. The van der Waals surface area contributed by atoms with E-state index in [-0.39, 0.29) is 0 Å². The van der Waals surface area contributed by atoms with Crippen LogP contribution < -0.4 is 0 Å². The molecule has 2 aromatic rings. The van der Waals surface area contributed by atoms with E-state index < -0.39 is 0 Å². The van der Waals surface area contributed by atoms with Gasteiger partial charge in [-0.1, -0.05) is 13.0 Å². The van der Waals surface area contributed by atoms with Crippen LogP contribution in [0.2, 0.25) is 0 Å². The third-order valence-corrected chi connectivity index (χ3v) is 2.31. The van der Waals surface area contributed by atoms with Crippen molar-refractivity contribution in [3.8, 4) is 0 Å². The number of aldehydes is 1. The first-order valence-corrected chi connectivity index (χ1v) is 4.67. The van der Waals surface area contributed by atoms with Gasteiger partial charge in [-0.2, -0.15) is 0 Å². The molecule has 0 N–H and O–H groups in total. The van der Waals surface area contributed by atoms with Gasteiger partial charge in [-0.15, -0.1) is 0 Å². The highest BCUT2D eigenvalue weighted by Crippen LogP contribution is 2.15. The lowest BCUT2D eigenvalue weighted by molar-refractivity contribution is 0.112. The van der Waals surface area contributed by atoms with E-state index in [1.807, 2.05) is 12.1 Å². The summed E-state index contributed by atoms with van der Waals surface area (Å²) in [4.78, 5) is 14.8. The van der Waals surface area contributed by atoms with Crippen LogP contribution in [0.3, 0.4) is 0 Å². The van der Waals surface area contributed by atoms with Crippen LogP contribution in [-0.2, 0) is 6.42 Å². The molecule has 0 radical (unpaired) electrons. The molecule has 0 saturated carbocycles. The minimum atomic E-state index is 0.630. The van der Waals surface area contributed by atoms with Gasteiger partial charge in [-0.05, 0) is 30.2 Å². The molecule has 0 spiro atoms. The van der Waals surface area contributed by atoms with Crippen molar-refractivity contribution in [3.05, 3.63) is 41.6 Å². The van der Waals surface area contributed by atoms with E-state index in [0.29, 0.717) is 5.56 Å². The van der Waals surface area contributed by atoms with Crippen molar-refractivity contribution in [2.75, 3.05) is 0 Å². The van der Waals surface area contributed by atoms with Gasteiger partial charge in [0, 0.05) is 17.1 Å². The van der Waals surface area contributed by atoms with E-state index >= 15 is 0 Å². The van der Waals surface area contributed by atoms with Gasteiger partial charge in [0.25, 0.3) is 0 Å². The number of aryl methyl sites for hydroxylation is 1. The molecule has 0 fully saturated rings. The maximum Gasteiger partial charge on any atom is 0.151 e. The van der Waals surface area contributed by atoms with Crippen molar-refractivity contribution in [1.29, 1.82) is 0 Å². The quantitative estimate of drug-likeness (QED) is 0.673. The summed E-state index contributed by atoms with van der Waals surface area (Å²) in [6.45, 7) is 2.11. The zero-order valence-electron chi connectivity index (χ0n) is 8.03. The van der Waals surface area contributed by atoms with Crippen LogP contribution in [0.4, 0.5) is 0 Å². The number of rotatable bonds is 2. The predicted octanol–water partition coefficient (Wildman–Crippen LogP) is 2.61. The second-order valence-electron chi connectivity index (χ2n) is 3.27. The highest BCUT2D eigenvalue weighted by molar-refractivity contribution is 5.86. The van der Waals surface area contributed by atoms with Crippen LogP contribution in [0.15, 0.2) is 30.5 Å². The van der Waals surface area contributed by atoms with Crippen molar-refractivity contribution >= 4 is 17.2 Å². The van der Waals surface area contributed by atoms with Gasteiger partial charge in [-0.3, -0.25) is 9.78 Å². The van der Waals surface area contributed by atoms with Crippen molar-refractivity contribution in [3.63, 3.8) is 0 Å². The largest absolute Gasteiger partial charge is 0.298 e. The normalized spacial score (nSPS) is 10.4. The summed E-state index contributed by atoms with van der Waals surface area (Å²) < 4.78 is 0. The van der Waals surface area contributed by atoms with Crippen LogP contribution in [0.5, 0.6) is 0 Å². The molecule has 2 rings (SSSR count). The molecule has 2 nitrogen and oxygen atoms in total. The molecule has 1 heterocycles. The molecule has 0 aliphatic heterocycles. The molecule has 0 bridgehead atoms. The van der Waals surface area contributed by atoms with Gasteiger partial charge in [0.1, 0.15) is 0 Å². The third kappa shape index (κ3) is 1.51. The van der Waals surface area contributed by atoms with Crippen LogP contribution in [0.1, 0.15) is 22.8 Å². The lowest BCUT2D eigenvalue weighted by Gasteiger charge is -2.00. The Balaban J connectivity index is 2.65. The Morgan fingerprint density at radius 2 is 2.21 bits per heavy atom. The first kappa shape index (κ1) is 8.88. The van der Waals surface area contributed by atoms with E-state index in [1.165, 1.54) is 5.56 Å². The molecule has 2 heteroatoms. The maximum absolute atomic E-state index is 10.6. The fraction of sp³-hybridized carbons (Fsp3) is 0.167. The van der Waals surface area contributed by atoms with E-state index in [0.717, 1.165) is 23.6 Å². The van der Waals surface area contributed by atoms with Gasteiger partial charge in [0.15, 0.2) is 6.29 Å². The van der Waals surface area contributed by atoms with Gasteiger partial charge in [-0.25, -0.2) is 0 Å². The highest BCUT2D eigenvalue weighted by Gasteiger charge is 1.97. The van der Waals surface area contributed by atoms with Gasteiger partial charge in [0.05, 0.1) is 5.52 Å². The Labute approximate surface area is 82.6 Å². The second-order valence-corrected chi connectivity index (χ2v) is 3.27. The zero-order valence-corrected chi connectivity index (χ0v) is 8.03. The summed E-state index contributed by atoms with van der Waals surface area (Å²) in [5, 5.41) is 1.04. The smallest absolute Gasteiger partial charge is 0.151 e. The zero-order chi connectivity index (χ0) is 9.97. The van der Waals surface area contributed by atoms with E-state index in [2.05, 4.69) is 24.0 Å². The molecule has 14 heavy (non-hydrogen) atoms. The summed E-state index contributed by atoms with van der Waals surface area (Å²) in [6, 6.07) is 8.00. The number of nitrogens with zero attached hydrogens (tertiary/aromatic N) is 1. The van der Waals surface area contributed by atoms with Crippen LogP contribution in [0.25, 0.3) is 10.9 Å². The number of carbonyl (C=O) groups is 1. The summed E-state index contributed by atoms with van der Waals surface area (Å²) in [6.07, 6.45) is 3.42. The van der Waals surface area contributed by atoms with Crippen molar-refractivity contribution in [2.24, 2.45) is 0 Å². The summed E-state index contributed by atoms with van der Waals surface area (Å²) in [5.74, 6) is 0. The summed E-state index contributed by atoms with van der Waals surface area (Å²) in [7, 11) is 0. The first-order valence-electron chi connectivity index (χ1n) is 4.67. The SMILES string of the molecule is CCc1ccc2ncc(C=O)cc2c1. The molecule has 0 unspecified atom stereocenters. The minimum Gasteiger partial charge on any atom is -0.298 e. The standard InChI is InChI=1S/C12H11NO/c1-2-9-3-4-12-11(5-9)6-10(8-14)7-13-12/h3-8H,2H2,1H3. The summed E-state index contributed by atoms with van der Waals surface area (Å²) >= 11 is 0. The Kier molecular flexibility index (Phi) is 2.27. The Hall–Kier alpha value is -1.70. The van der Waals surface area contributed by atoms with Crippen LogP contribution in [-0.4, -0.2) is 11.3 Å². The van der Waals surface area contributed by atoms with Crippen LogP contribution in [0, 0.1) is 0 Å². The number of aromatic nitrogens is 1. The number of carbonyl (C=O) groups excluding carboxylic acids is 1. The Morgan fingerprint density at radius 1 is 1.36 bits per heavy atom. The topological polar surface area (TPSA) is 30.0 Å². The fourth-order valence-electron chi connectivity index (χ4n) is 1.48. The molecular weight excluding hydrogens is 174 g/mol. The Morgan fingerprint density at radius 3 is 2.93 bits per heavy atom. The fourth-order valence-corrected chi connectivity index (χ4v) is 1.48. The molecule has 1 aromatic carbocycles. The lowest BCUT2D eigenvalue weighted by atomic mass is 10.1. The van der Waals surface area contributed by atoms with Gasteiger partial charge in [0.2, 0.25) is 0 Å². The molecule has 0 aliphatic carbocycles. The van der Waals surface area contributed by atoms with E-state index in [9.17, 15) is 4.79 Å². The van der Waals surface area contributed by atoms with Crippen molar-refractivity contribution < 1.29 is 4.79 Å². The lowest BCUT2D eigenvalue weighted by Crippen LogP contribution is -1.86. The second kappa shape index (κ2) is 3.58. The van der Waals surface area contributed by atoms with Gasteiger partial charge < -0.3 is 0 Å². The van der Waals surface area contributed by atoms with Crippen molar-refractivity contribution in [1.82, 2.24) is 4.98 Å². The molecule has 0 saturated heterocycles. The number of fused-ring (bicyclic) bond motifs is 1. The minimum absolute atomic E-state index is 0.630. The average molecular weight is 185 g/mol. The third-order valence-electron chi connectivity index (χ3n) is 2.31. The molecule has 1 aromatic heterocycles. The van der Waals surface area contributed by atoms with Gasteiger partial charge >= 0.3 is 0 Å². The number of hydrogen-bond acceptors (Lipinski definition) is 2. The monoisotopic (exact) mass is 185 g/mol. The summed E-state index contributed by atoms with van der Waals surface area (Å²) in [5.41, 5.74) is 2.83. The van der Waals surface area contributed by atoms with Crippen molar-refractivity contribution in [2.45, 2.75) is 13.3 Å². The first-order chi connectivity index (χ1) is 6.83. The van der Waals surface area contributed by atoms with Crippen LogP contribution >= 0.6 is 0 Å². The number of benzene rings is 1. The number of hydrogen-bond donors (Lipinski definition) is 0. The molecule has 0 atom stereocenters. The molecule has 0 amide bonds. The highest BCUT2D eigenvalue weighted by atomic mass is 16.1. The molecular formula is C12H11NO. The molecule has 70 valence electrons. The maximum atomic E-state index is 10.6. The van der Waals surface area contributed by atoms with E-state index in [1.54, 1.807) is 6.20 Å². The number of pyridine rings is 1. The molecule has 0 aliphatic rings.